The van der Waals surface area contributed by atoms with Gasteiger partial charge in [0, 0.05) is 24.3 Å². The predicted octanol–water partition coefficient (Wildman–Crippen LogP) is 8.74. The first-order valence-electron chi connectivity index (χ1n) is 15.8. The fourth-order valence-electron chi connectivity index (χ4n) is 7.87. The highest BCUT2D eigenvalue weighted by Crippen LogP contribution is 2.66. The highest BCUT2D eigenvalue weighted by Gasteiger charge is 2.59. The van der Waals surface area contributed by atoms with Crippen molar-refractivity contribution in [3.05, 3.63) is 45.0 Å². The molecule has 0 bridgehead atoms. The molecule has 1 aromatic rings. The number of nitrogens with zero attached hydrogens (tertiary/aromatic N) is 1. The quantitative estimate of drug-likeness (QED) is 0.112. The summed E-state index contributed by atoms with van der Waals surface area (Å²) in [4.78, 5) is 39.0. The maximum atomic E-state index is 14.2. The molecule has 0 radical (unpaired) electrons. The first-order chi connectivity index (χ1) is 20.6. The second-order valence-electron chi connectivity index (χ2n) is 14.0. The standard InChI is InChI=1S/C34H40Cl2F3NO4/c1-20(34(37,38)39)24(19-40-18-22(40)16-21-10-14-32(2,15-11-21)31(43)44)30(42)23(25-17-33(25)12-3-4-13-33)8-9-28(41)29-26(35)6-5-7-27(29)36/h5-7,19,21-23,25H,3-4,8-18H2,1-2H3/p+1. The molecule has 1 aliphatic heterocycles. The van der Waals surface area contributed by atoms with Gasteiger partial charge >= 0.3 is 12.1 Å². The van der Waals surface area contributed by atoms with Gasteiger partial charge in [0.2, 0.25) is 12.6 Å². The Labute approximate surface area is 266 Å². The van der Waals surface area contributed by atoms with Crippen LogP contribution in [0.15, 0.2) is 29.3 Å². The second-order valence-corrected chi connectivity index (χ2v) is 14.8. The van der Waals surface area contributed by atoms with E-state index in [2.05, 4.69) is 0 Å². The Kier molecular flexibility index (Phi) is 9.46. The summed E-state index contributed by atoms with van der Waals surface area (Å²) in [6, 6.07) is 4.80. The molecule has 3 aliphatic carbocycles. The van der Waals surface area contributed by atoms with E-state index < -0.39 is 34.8 Å². The minimum Gasteiger partial charge on any atom is -0.481 e. The summed E-state index contributed by atoms with van der Waals surface area (Å²) in [5.41, 5.74) is -1.77. The van der Waals surface area contributed by atoms with Crippen molar-refractivity contribution in [2.24, 2.45) is 28.6 Å². The monoisotopic (exact) mass is 654 g/mol. The van der Waals surface area contributed by atoms with E-state index >= 15 is 0 Å². The number of hydrogen-bond acceptors (Lipinski definition) is 3. The molecular weight excluding hydrogens is 614 g/mol. The Bertz CT molecular complexity index is 1370. The van der Waals surface area contributed by atoms with Crippen LogP contribution in [0.2, 0.25) is 10.0 Å². The molecule has 10 heteroatoms. The molecule has 5 nitrogen and oxygen atoms in total. The predicted molar refractivity (Wildman–Crippen MR) is 164 cm³/mol. The summed E-state index contributed by atoms with van der Waals surface area (Å²) in [7, 11) is 0. The number of carbonyl (C=O) groups is 3. The van der Waals surface area contributed by atoms with Crippen LogP contribution in [-0.4, -0.2) is 52.2 Å². The molecule has 44 heavy (non-hydrogen) atoms. The van der Waals surface area contributed by atoms with E-state index in [9.17, 15) is 32.7 Å². The van der Waals surface area contributed by atoms with Gasteiger partial charge in [-0.1, -0.05) is 42.1 Å². The van der Waals surface area contributed by atoms with E-state index in [-0.39, 0.29) is 57.2 Å². The minimum atomic E-state index is -4.67. The smallest absolute Gasteiger partial charge is 0.413 e. The maximum Gasteiger partial charge on any atom is 0.413 e. The van der Waals surface area contributed by atoms with Crippen LogP contribution in [0.25, 0.3) is 0 Å². The number of aliphatic carboxylic acids is 1. The number of benzene rings is 1. The average Bonchev–Trinajstić information content (AvgIpc) is 3.80. The van der Waals surface area contributed by atoms with Crippen LogP contribution in [0.3, 0.4) is 0 Å². The lowest BCUT2D eigenvalue weighted by atomic mass is 9.71. The van der Waals surface area contributed by atoms with Crippen molar-refractivity contribution >= 4 is 47.0 Å². The zero-order valence-corrected chi connectivity index (χ0v) is 26.8. The van der Waals surface area contributed by atoms with E-state index in [4.69, 9.17) is 23.2 Å². The topological polar surface area (TPSA) is 74.5 Å². The molecule has 3 atom stereocenters. The number of alkyl halides is 3. The van der Waals surface area contributed by atoms with Crippen molar-refractivity contribution in [2.75, 3.05) is 6.54 Å². The van der Waals surface area contributed by atoms with E-state index in [0.29, 0.717) is 25.3 Å². The van der Waals surface area contributed by atoms with Gasteiger partial charge in [-0.25, -0.2) is 4.58 Å². The van der Waals surface area contributed by atoms with Crippen molar-refractivity contribution in [3.63, 3.8) is 0 Å². The molecule has 240 valence electrons. The van der Waals surface area contributed by atoms with Crippen LogP contribution >= 0.6 is 23.2 Å². The summed E-state index contributed by atoms with van der Waals surface area (Å²) < 4.78 is 44.3. The molecular formula is C34H41Cl2F3NO4+. The number of carbonyl (C=O) groups excluding carboxylic acids is 2. The molecule has 1 N–H and O–H groups in total. The van der Waals surface area contributed by atoms with Crippen molar-refractivity contribution in [2.45, 2.75) is 103 Å². The van der Waals surface area contributed by atoms with E-state index in [0.717, 1.165) is 58.3 Å². The van der Waals surface area contributed by atoms with E-state index in [1.165, 1.54) is 6.21 Å². The Balaban J connectivity index is 1.35. The fourth-order valence-corrected chi connectivity index (χ4v) is 8.48. The average molecular weight is 656 g/mol. The summed E-state index contributed by atoms with van der Waals surface area (Å²) in [6.07, 6.45) is 5.13. The van der Waals surface area contributed by atoms with Crippen LogP contribution in [0.5, 0.6) is 0 Å². The largest absolute Gasteiger partial charge is 0.481 e. The van der Waals surface area contributed by atoms with Gasteiger partial charge in [-0.2, -0.15) is 13.2 Å². The highest BCUT2D eigenvalue weighted by molar-refractivity contribution is 6.39. The third kappa shape index (κ3) is 6.96. The van der Waals surface area contributed by atoms with Crippen molar-refractivity contribution in [1.82, 2.24) is 0 Å². The van der Waals surface area contributed by atoms with Crippen LogP contribution in [0.1, 0.15) is 101 Å². The Morgan fingerprint density at radius 3 is 2.27 bits per heavy atom. The van der Waals surface area contributed by atoms with Gasteiger partial charge in [0.05, 0.1) is 26.6 Å². The lowest BCUT2D eigenvalue weighted by Gasteiger charge is -2.33. The number of ketones is 2. The molecule has 5 rings (SSSR count). The molecule has 0 aromatic heterocycles. The summed E-state index contributed by atoms with van der Waals surface area (Å²) in [5, 5.41) is 9.95. The zero-order valence-electron chi connectivity index (χ0n) is 25.3. The Morgan fingerprint density at radius 1 is 1.09 bits per heavy atom. The van der Waals surface area contributed by atoms with Gasteiger partial charge in [-0.3, -0.25) is 14.4 Å². The third-order valence-electron chi connectivity index (χ3n) is 11.1. The summed E-state index contributed by atoms with van der Waals surface area (Å²) in [6.45, 7) is 3.31. The molecule has 1 spiro atoms. The lowest BCUT2D eigenvalue weighted by Crippen LogP contribution is -2.32. The third-order valence-corrected chi connectivity index (χ3v) is 11.7. The first-order valence-corrected chi connectivity index (χ1v) is 16.5. The number of carboxylic acid groups (broad SMARTS) is 1. The van der Waals surface area contributed by atoms with Crippen LogP contribution in [-0.2, 0) is 9.59 Å². The van der Waals surface area contributed by atoms with Crippen molar-refractivity contribution < 1.29 is 37.2 Å². The van der Waals surface area contributed by atoms with Gasteiger partial charge in [0.1, 0.15) is 0 Å². The SMILES string of the molecule is CC(=C(C=[N+]1CC1CC1CCC(C)(C(=O)O)CC1)C(=O)C(CCC(=O)c1c(Cl)cccc1Cl)C1CC12CCCC2)C(F)(F)F. The highest BCUT2D eigenvalue weighted by atomic mass is 35.5. The number of hydrogen-bond donors (Lipinski definition) is 1. The maximum absolute atomic E-state index is 14.2. The van der Waals surface area contributed by atoms with Gasteiger partial charge in [-0.15, -0.1) is 0 Å². The molecule has 4 aliphatic rings. The molecule has 0 amide bonds. The zero-order chi connectivity index (χ0) is 32.0. The van der Waals surface area contributed by atoms with Gasteiger partial charge in [-0.05, 0) is 94.6 Å². The van der Waals surface area contributed by atoms with E-state index in [1.807, 2.05) is 4.58 Å². The number of Topliss-reactive ketones (excluding diaryl/α,β-unsaturated/α-hetero) is 2. The van der Waals surface area contributed by atoms with Crippen LogP contribution < -0.4 is 0 Å². The number of rotatable bonds is 11. The number of carboxylic acids is 1. The molecule has 1 saturated heterocycles. The van der Waals surface area contributed by atoms with Gasteiger partial charge in [0.15, 0.2) is 17.8 Å². The number of halogens is 5. The Morgan fingerprint density at radius 2 is 1.70 bits per heavy atom. The lowest BCUT2D eigenvalue weighted by molar-refractivity contribution is -0.356. The molecule has 1 heterocycles. The fraction of sp³-hybridized carbons (Fsp3) is 0.647. The Hall–Kier alpha value is -2.19. The summed E-state index contributed by atoms with van der Waals surface area (Å²) in [5.74, 6) is -2.08. The summed E-state index contributed by atoms with van der Waals surface area (Å²) >= 11 is 12.5. The molecule has 3 unspecified atom stereocenters. The molecule has 4 fully saturated rings. The van der Waals surface area contributed by atoms with Gasteiger partial charge in [0.25, 0.3) is 0 Å². The normalized spacial score (nSPS) is 29.8. The van der Waals surface area contributed by atoms with E-state index in [1.54, 1.807) is 25.1 Å². The van der Waals surface area contributed by atoms with Crippen LogP contribution in [0, 0.1) is 28.6 Å². The number of allylic oxidation sites excluding steroid dienone is 2. The van der Waals surface area contributed by atoms with Gasteiger partial charge < -0.3 is 5.11 Å². The van der Waals surface area contributed by atoms with Crippen LogP contribution in [0.4, 0.5) is 13.2 Å². The molecule has 1 aromatic carbocycles. The molecule has 3 saturated carbocycles. The first kappa shape index (κ1) is 33.2. The van der Waals surface area contributed by atoms with Crippen molar-refractivity contribution in [3.8, 4) is 0 Å². The van der Waals surface area contributed by atoms with Crippen molar-refractivity contribution in [1.29, 1.82) is 0 Å². The second kappa shape index (κ2) is 12.5. The minimum absolute atomic E-state index is 0.0174.